The van der Waals surface area contributed by atoms with Crippen LogP contribution in [0.2, 0.25) is 0 Å². The van der Waals surface area contributed by atoms with E-state index < -0.39 is 0 Å². The van der Waals surface area contributed by atoms with E-state index in [4.69, 9.17) is 32.1 Å². The van der Waals surface area contributed by atoms with Crippen molar-refractivity contribution in [1.82, 2.24) is 58.9 Å². The number of likely N-dealkylation sites (tertiary alicyclic amines) is 1. The summed E-state index contributed by atoms with van der Waals surface area (Å²) in [5, 5.41) is 28.0. The van der Waals surface area contributed by atoms with Gasteiger partial charge in [0.1, 0.15) is 41.3 Å². The van der Waals surface area contributed by atoms with Crippen LogP contribution in [0.25, 0.3) is 54.9 Å². The molecule has 0 unspecified atom stereocenters. The lowest BCUT2D eigenvalue weighted by molar-refractivity contribution is 0.216. The normalized spacial score (nSPS) is 14.5. The number of aryl methyl sites for hydroxylation is 2. The zero-order chi connectivity index (χ0) is 49.8. The van der Waals surface area contributed by atoms with Gasteiger partial charge in [-0.1, -0.05) is 36.4 Å². The standard InChI is InChI=1S/C27H26N8O2.C25H27N9O/c1-14-4-2-5-15-10-18(35(17-6-3-7-17)26(36)21(14)15)12-31-25-22(24(29)32-13-33-25)23(28)16-8-9-20-19(11-16)34-27(30)37-20;1-15-4-3-5-16-10-19(34(25(35)20(15)16)18-6-8-32(2)9-7-18)13-33-24-21(23(26)27-14-28-24)22(31-33)17-11-29-30-12-17/h2,4-5,8-11,13,17,28H,3,6-7,12H2,1H3,(H2,30,34)(H3,29,31,32,33);3-5,10-12,14,18H,6-9,13H2,1-2H3,(H,29,30)(H2,26,27,28). The molecule has 72 heavy (non-hydrogen) atoms. The number of nitrogens with two attached hydrogens (primary N) is 3. The molecule has 364 valence electrons. The lowest BCUT2D eigenvalue weighted by atomic mass is 9.91. The number of rotatable bonds is 10. The Morgan fingerprint density at radius 1 is 0.806 bits per heavy atom. The van der Waals surface area contributed by atoms with Crippen LogP contribution in [0.5, 0.6) is 0 Å². The zero-order valence-electron chi connectivity index (χ0n) is 40.1. The fourth-order valence-corrected chi connectivity index (χ4v) is 10.2. The fourth-order valence-electron chi connectivity index (χ4n) is 10.2. The number of aromatic amines is 1. The van der Waals surface area contributed by atoms with Crippen molar-refractivity contribution in [2.45, 2.75) is 71.1 Å². The third-order valence-corrected chi connectivity index (χ3v) is 14.1. The number of fused-ring (bicyclic) bond motifs is 4. The van der Waals surface area contributed by atoms with E-state index in [0.29, 0.717) is 63.7 Å². The molecule has 1 aliphatic carbocycles. The molecule has 9 N–H and O–H groups in total. The maximum Gasteiger partial charge on any atom is 0.292 e. The maximum atomic E-state index is 13.9. The zero-order valence-corrected chi connectivity index (χ0v) is 40.1. The van der Waals surface area contributed by atoms with Crippen LogP contribution in [0.3, 0.4) is 0 Å². The van der Waals surface area contributed by atoms with Gasteiger partial charge in [-0.05, 0) is 118 Å². The number of oxazole rings is 1. The molecule has 20 nitrogen and oxygen atoms in total. The molecule has 0 atom stereocenters. The molecule has 2 aliphatic rings. The summed E-state index contributed by atoms with van der Waals surface area (Å²) in [6.07, 6.45) is 11.2. The Bertz CT molecular complexity index is 3840. The second-order valence-corrected chi connectivity index (χ2v) is 18.7. The van der Waals surface area contributed by atoms with Gasteiger partial charge in [0.2, 0.25) is 0 Å². The van der Waals surface area contributed by atoms with Crippen molar-refractivity contribution in [2.24, 2.45) is 0 Å². The molecule has 12 rings (SSSR count). The number of benzene rings is 3. The first-order valence-corrected chi connectivity index (χ1v) is 23.9. The lowest BCUT2D eigenvalue weighted by Gasteiger charge is -2.32. The summed E-state index contributed by atoms with van der Waals surface area (Å²) >= 11 is 0. The second-order valence-electron chi connectivity index (χ2n) is 18.7. The number of pyridine rings is 2. The highest BCUT2D eigenvalue weighted by Crippen LogP contribution is 2.34. The topological polar surface area (TPSA) is 285 Å². The number of piperidine rings is 1. The van der Waals surface area contributed by atoms with Gasteiger partial charge < -0.3 is 41.0 Å². The van der Waals surface area contributed by atoms with E-state index in [-0.39, 0.29) is 40.7 Å². The van der Waals surface area contributed by atoms with Gasteiger partial charge in [-0.25, -0.2) is 24.6 Å². The number of nitrogen functional groups attached to an aromatic ring is 3. The molecule has 0 bridgehead atoms. The van der Waals surface area contributed by atoms with Crippen molar-refractivity contribution in [3.63, 3.8) is 0 Å². The maximum absolute atomic E-state index is 13.9. The summed E-state index contributed by atoms with van der Waals surface area (Å²) in [6.45, 7) is 6.61. The van der Waals surface area contributed by atoms with Crippen LogP contribution in [0.1, 0.15) is 77.8 Å². The van der Waals surface area contributed by atoms with Crippen molar-refractivity contribution in [3.8, 4) is 11.3 Å². The van der Waals surface area contributed by atoms with Crippen LogP contribution in [-0.4, -0.2) is 84.8 Å². The van der Waals surface area contributed by atoms with Crippen molar-refractivity contribution >= 4 is 72.9 Å². The monoisotopic (exact) mass is 963 g/mol. The Morgan fingerprint density at radius 2 is 1.47 bits per heavy atom. The molecule has 8 heterocycles. The summed E-state index contributed by atoms with van der Waals surface area (Å²) in [5.74, 6) is 0.946. The molecular weight excluding hydrogens is 911 g/mol. The summed E-state index contributed by atoms with van der Waals surface area (Å²) in [7, 11) is 2.13. The minimum atomic E-state index is 0.0347. The summed E-state index contributed by atoms with van der Waals surface area (Å²) in [4.78, 5) is 51.1. The molecule has 7 aromatic heterocycles. The van der Waals surface area contributed by atoms with E-state index in [1.165, 1.54) is 12.7 Å². The van der Waals surface area contributed by atoms with E-state index in [0.717, 1.165) is 94.8 Å². The third kappa shape index (κ3) is 8.23. The van der Waals surface area contributed by atoms with Crippen molar-refractivity contribution in [2.75, 3.05) is 42.7 Å². The van der Waals surface area contributed by atoms with Crippen LogP contribution in [-0.2, 0) is 13.1 Å². The first-order valence-electron chi connectivity index (χ1n) is 23.9. The second kappa shape index (κ2) is 18.5. The molecule has 1 saturated heterocycles. The van der Waals surface area contributed by atoms with Crippen LogP contribution in [0.4, 0.5) is 23.5 Å². The first kappa shape index (κ1) is 45.7. The van der Waals surface area contributed by atoms with Gasteiger partial charge in [-0.15, -0.1) is 0 Å². The molecule has 10 aromatic rings. The number of anilines is 4. The highest BCUT2D eigenvalue weighted by atomic mass is 16.4. The van der Waals surface area contributed by atoms with E-state index >= 15 is 0 Å². The van der Waals surface area contributed by atoms with Gasteiger partial charge in [0.25, 0.3) is 17.1 Å². The molecule has 3 aromatic carbocycles. The van der Waals surface area contributed by atoms with Gasteiger partial charge in [-0.3, -0.25) is 20.1 Å². The molecule has 1 aliphatic heterocycles. The van der Waals surface area contributed by atoms with E-state index in [9.17, 15) is 9.59 Å². The van der Waals surface area contributed by atoms with Crippen LogP contribution >= 0.6 is 0 Å². The molecule has 2 fully saturated rings. The van der Waals surface area contributed by atoms with Crippen LogP contribution in [0.15, 0.2) is 106 Å². The van der Waals surface area contributed by atoms with E-state index in [1.807, 2.05) is 64.1 Å². The van der Waals surface area contributed by atoms with Gasteiger partial charge in [0.15, 0.2) is 11.2 Å². The van der Waals surface area contributed by atoms with Crippen molar-refractivity contribution in [1.29, 1.82) is 5.41 Å². The van der Waals surface area contributed by atoms with Gasteiger partial charge in [0, 0.05) is 40.8 Å². The van der Waals surface area contributed by atoms with Crippen molar-refractivity contribution in [3.05, 3.63) is 146 Å². The van der Waals surface area contributed by atoms with Crippen LogP contribution in [0, 0.1) is 19.3 Å². The van der Waals surface area contributed by atoms with E-state index in [1.54, 1.807) is 30.6 Å². The summed E-state index contributed by atoms with van der Waals surface area (Å²) < 4.78 is 11.1. The fraction of sp³-hybridized carbons (Fsp3) is 0.269. The van der Waals surface area contributed by atoms with Gasteiger partial charge in [-0.2, -0.15) is 15.2 Å². The summed E-state index contributed by atoms with van der Waals surface area (Å²) in [6, 6.07) is 21.6. The minimum Gasteiger partial charge on any atom is -0.424 e. The van der Waals surface area contributed by atoms with Gasteiger partial charge >= 0.3 is 0 Å². The average Bonchev–Trinajstić information content (AvgIpc) is 4.11. The number of hydrogen-bond donors (Lipinski definition) is 6. The molecule has 1 saturated carbocycles. The highest BCUT2D eigenvalue weighted by molar-refractivity contribution is 6.17. The number of H-pyrrole nitrogens is 1. The number of hydrogen-bond acceptors (Lipinski definition) is 16. The number of aromatic nitrogens is 11. The Labute approximate surface area is 411 Å². The molecule has 0 spiro atoms. The van der Waals surface area contributed by atoms with Crippen molar-refractivity contribution < 1.29 is 4.42 Å². The Kier molecular flexibility index (Phi) is 11.7. The Balaban J connectivity index is 0.000000156. The number of nitrogens with one attached hydrogen (secondary N) is 3. The average molecular weight is 964 g/mol. The van der Waals surface area contributed by atoms with Crippen LogP contribution < -0.4 is 33.6 Å². The molecule has 0 radical (unpaired) electrons. The predicted molar refractivity (Wildman–Crippen MR) is 279 cm³/mol. The molecule has 0 amide bonds. The predicted octanol–water partition coefficient (Wildman–Crippen LogP) is 6.90. The largest absolute Gasteiger partial charge is 0.424 e. The lowest BCUT2D eigenvalue weighted by Crippen LogP contribution is -2.37. The quantitative estimate of drug-likeness (QED) is 0.0761. The van der Waals surface area contributed by atoms with Gasteiger partial charge in [0.05, 0.1) is 46.7 Å². The third-order valence-electron chi connectivity index (χ3n) is 14.1. The van der Waals surface area contributed by atoms with E-state index in [2.05, 4.69) is 64.5 Å². The summed E-state index contributed by atoms with van der Waals surface area (Å²) in [5.41, 5.74) is 26.2. The molecule has 20 heteroatoms. The first-order chi connectivity index (χ1) is 34.9. The Hall–Kier alpha value is -8.78. The molecular formula is C52H53N17O3. The smallest absolute Gasteiger partial charge is 0.292 e. The minimum absolute atomic E-state index is 0.0347. The number of nitrogens with zero attached hydrogens (tertiary/aromatic N) is 11. The Morgan fingerprint density at radius 3 is 2.15 bits per heavy atom. The highest BCUT2D eigenvalue weighted by Gasteiger charge is 2.27. The SMILES string of the molecule is Cc1cccc2cc(CNc3ncnc(N)c3C(=N)c3ccc4oc(N)nc4c3)n(C3CCC3)c(=O)c12.Cc1cccc2cc(Cn3nc(-c4cn[nH]c4)c4c(N)ncnc43)n(C3CCN(C)CC3)c(=O)c12.